The van der Waals surface area contributed by atoms with Crippen molar-refractivity contribution >= 4 is 15.9 Å². The second-order valence-electron chi connectivity index (χ2n) is 3.81. The van der Waals surface area contributed by atoms with Crippen molar-refractivity contribution in [1.82, 2.24) is 0 Å². The number of rotatable bonds is 6. The molecule has 2 aromatic carbocycles. The van der Waals surface area contributed by atoms with E-state index in [1.807, 2.05) is 60.7 Å². The van der Waals surface area contributed by atoms with Crippen molar-refractivity contribution < 1.29 is 9.78 Å². The molecule has 0 aliphatic carbocycles. The molecule has 0 fully saturated rings. The third-order valence-electron chi connectivity index (χ3n) is 2.53. The molecule has 2 aromatic rings. The van der Waals surface area contributed by atoms with Crippen molar-refractivity contribution in [3.8, 4) is 0 Å². The smallest absolute Gasteiger partial charge is 0.143 e. The third kappa shape index (κ3) is 3.67. The zero-order chi connectivity index (χ0) is 12.6. The Bertz CT molecular complexity index is 405. The molecule has 0 spiro atoms. The van der Waals surface area contributed by atoms with Crippen molar-refractivity contribution in [2.24, 2.45) is 0 Å². The summed E-state index contributed by atoms with van der Waals surface area (Å²) in [6.07, 6.45) is -0.188. The molecule has 0 aliphatic heterocycles. The zero-order valence-corrected chi connectivity index (χ0v) is 11.5. The molecule has 0 heterocycles. The fourth-order valence-electron chi connectivity index (χ4n) is 1.71. The van der Waals surface area contributed by atoms with Gasteiger partial charge in [0.1, 0.15) is 6.10 Å². The summed E-state index contributed by atoms with van der Waals surface area (Å²) >= 11 is 3.31. The van der Waals surface area contributed by atoms with Crippen molar-refractivity contribution in [2.75, 3.05) is 11.9 Å². The molecule has 0 radical (unpaired) electrons. The first-order chi connectivity index (χ1) is 8.92. The van der Waals surface area contributed by atoms with Gasteiger partial charge >= 0.3 is 0 Å². The maximum absolute atomic E-state index is 5.52. The van der Waals surface area contributed by atoms with E-state index in [1.165, 1.54) is 0 Å². The van der Waals surface area contributed by atoms with E-state index in [-0.39, 0.29) is 6.10 Å². The van der Waals surface area contributed by atoms with Gasteiger partial charge in [0.25, 0.3) is 0 Å². The van der Waals surface area contributed by atoms with E-state index < -0.39 is 0 Å². The van der Waals surface area contributed by atoms with E-state index in [1.54, 1.807) is 0 Å². The Labute approximate surface area is 116 Å². The Hall–Kier alpha value is -1.16. The average Bonchev–Trinajstić information content (AvgIpc) is 2.46. The first-order valence-electron chi connectivity index (χ1n) is 5.86. The lowest BCUT2D eigenvalue weighted by molar-refractivity contribution is -0.314. The molecule has 0 aliphatic rings. The Morgan fingerprint density at radius 2 is 1.33 bits per heavy atom. The minimum atomic E-state index is -0.188. The normalized spacial score (nSPS) is 10.8. The Balaban J connectivity index is 2.18. The molecule has 0 N–H and O–H groups in total. The summed E-state index contributed by atoms with van der Waals surface area (Å²) < 4.78 is 0. The van der Waals surface area contributed by atoms with E-state index in [9.17, 15) is 0 Å². The van der Waals surface area contributed by atoms with Crippen LogP contribution in [0.4, 0.5) is 0 Å². The predicted molar refractivity (Wildman–Crippen MR) is 75.6 cm³/mol. The van der Waals surface area contributed by atoms with Crippen LogP contribution >= 0.6 is 15.9 Å². The van der Waals surface area contributed by atoms with E-state index in [2.05, 4.69) is 15.9 Å². The molecule has 94 valence electrons. The molecule has 0 amide bonds. The van der Waals surface area contributed by atoms with Crippen LogP contribution in [0.2, 0.25) is 0 Å². The monoisotopic (exact) mass is 306 g/mol. The van der Waals surface area contributed by atoms with Crippen LogP contribution in [0.25, 0.3) is 0 Å². The molecule has 0 saturated heterocycles. The molecule has 0 atom stereocenters. The Morgan fingerprint density at radius 3 is 1.78 bits per heavy atom. The third-order valence-corrected chi connectivity index (χ3v) is 2.85. The quantitative estimate of drug-likeness (QED) is 0.346. The number of hydrogen-bond acceptors (Lipinski definition) is 2. The molecule has 0 unspecified atom stereocenters. The van der Waals surface area contributed by atoms with E-state index in [0.717, 1.165) is 16.5 Å². The minimum Gasteiger partial charge on any atom is -0.235 e. The fraction of sp³-hybridized carbons (Fsp3) is 0.200. The van der Waals surface area contributed by atoms with Gasteiger partial charge in [0, 0.05) is 5.33 Å². The Kier molecular flexibility index (Phi) is 5.39. The van der Waals surface area contributed by atoms with Crippen LogP contribution in [0.3, 0.4) is 0 Å². The van der Waals surface area contributed by atoms with Crippen molar-refractivity contribution in [3.05, 3.63) is 71.8 Å². The molecule has 0 saturated carbocycles. The number of hydrogen-bond donors (Lipinski definition) is 0. The highest BCUT2D eigenvalue weighted by Gasteiger charge is 2.15. The Morgan fingerprint density at radius 1 is 0.833 bits per heavy atom. The summed E-state index contributed by atoms with van der Waals surface area (Å²) in [5.41, 5.74) is 2.16. The summed E-state index contributed by atoms with van der Waals surface area (Å²) in [6.45, 7) is 0.524. The van der Waals surface area contributed by atoms with Crippen LogP contribution in [0.1, 0.15) is 17.2 Å². The van der Waals surface area contributed by atoms with Crippen LogP contribution in [0, 0.1) is 0 Å². The molecule has 18 heavy (non-hydrogen) atoms. The van der Waals surface area contributed by atoms with Gasteiger partial charge in [0.05, 0.1) is 6.61 Å². The molecule has 2 nitrogen and oxygen atoms in total. The molecule has 0 bridgehead atoms. The van der Waals surface area contributed by atoms with Crippen LogP contribution in [0.5, 0.6) is 0 Å². The van der Waals surface area contributed by atoms with Gasteiger partial charge in [-0.2, -0.15) is 0 Å². The summed E-state index contributed by atoms with van der Waals surface area (Å²) in [7, 11) is 0. The number of halogens is 1. The van der Waals surface area contributed by atoms with Crippen molar-refractivity contribution in [2.45, 2.75) is 6.10 Å². The summed E-state index contributed by atoms with van der Waals surface area (Å²) in [4.78, 5) is 10.7. The van der Waals surface area contributed by atoms with Gasteiger partial charge in [-0.25, -0.2) is 9.78 Å². The second kappa shape index (κ2) is 7.31. The standard InChI is InChI=1S/C15H15BrO2/c16-11-12-17-18-15(13-7-3-1-4-8-13)14-9-5-2-6-10-14/h1-10,15H,11-12H2. The molecular weight excluding hydrogens is 292 g/mol. The zero-order valence-electron chi connectivity index (χ0n) is 9.96. The summed E-state index contributed by atoms with van der Waals surface area (Å²) in [5.74, 6) is 0. The number of alkyl halides is 1. The first kappa shape index (κ1) is 13.3. The van der Waals surface area contributed by atoms with Crippen LogP contribution in [-0.2, 0) is 9.78 Å². The van der Waals surface area contributed by atoms with Crippen molar-refractivity contribution in [1.29, 1.82) is 0 Å². The molecule has 3 heteroatoms. The van der Waals surface area contributed by atoms with Crippen LogP contribution in [-0.4, -0.2) is 11.9 Å². The topological polar surface area (TPSA) is 18.5 Å². The molecular formula is C15H15BrO2. The summed E-state index contributed by atoms with van der Waals surface area (Å²) in [6, 6.07) is 20.1. The van der Waals surface area contributed by atoms with Gasteiger partial charge < -0.3 is 0 Å². The van der Waals surface area contributed by atoms with E-state index in [0.29, 0.717) is 6.61 Å². The van der Waals surface area contributed by atoms with Gasteiger partial charge in [-0.05, 0) is 11.1 Å². The van der Waals surface area contributed by atoms with Crippen LogP contribution < -0.4 is 0 Å². The number of benzene rings is 2. The molecule has 2 rings (SSSR count). The highest BCUT2D eigenvalue weighted by atomic mass is 79.9. The first-order valence-corrected chi connectivity index (χ1v) is 6.98. The predicted octanol–water partition coefficient (Wildman–Crippen LogP) is 4.12. The lowest BCUT2D eigenvalue weighted by Crippen LogP contribution is -2.08. The highest BCUT2D eigenvalue weighted by molar-refractivity contribution is 9.09. The van der Waals surface area contributed by atoms with Gasteiger partial charge in [-0.3, -0.25) is 0 Å². The average molecular weight is 307 g/mol. The van der Waals surface area contributed by atoms with E-state index in [4.69, 9.17) is 9.78 Å². The SMILES string of the molecule is BrCCOOC(c1ccccc1)c1ccccc1. The summed E-state index contributed by atoms with van der Waals surface area (Å²) in [5, 5.41) is 0.753. The van der Waals surface area contributed by atoms with Gasteiger partial charge in [-0.1, -0.05) is 76.6 Å². The van der Waals surface area contributed by atoms with Gasteiger partial charge in [-0.15, -0.1) is 0 Å². The van der Waals surface area contributed by atoms with Gasteiger partial charge in [0.2, 0.25) is 0 Å². The fourth-order valence-corrected chi connectivity index (χ4v) is 1.84. The van der Waals surface area contributed by atoms with Gasteiger partial charge in [0.15, 0.2) is 0 Å². The second-order valence-corrected chi connectivity index (χ2v) is 4.60. The highest BCUT2D eigenvalue weighted by Crippen LogP contribution is 2.25. The minimum absolute atomic E-state index is 0.188. The maximum Gasteiger partial charge on any atom is 0.143 e. The van der Waals surface area contributed by atoms with Crippen LogP contribution in [0.15, 0.2) is 60.7 Å². The van der Waals surface area contributed by atoms with Crippen molar-refractivity contribution in [3.63, 3.8) is 0 Å². The lowest BCUT2D eigenvalue weighted by Gasteiger charge is -2.17. The lowest BCUT2D eigenvalue weighted by atomic mass is 10.0. The molecule has 0 aromatic heterocycles. The largest absolute Gasteiger partial charge is 0.235 e. The maximum atomic E-state index is 5.52. The van der Waals surface area contributed by atoms with E-state index >= 15 is 0 Å².